The summed E-state index contributed by atoms with van der Waals surface area (Å²) in [5, 5.41) is 8.76. The summed E-state index contributed by atoms with van der Waals surface area (Å²) in [5.41, 5.74) is 3.03. The van der Waals surface area contributed by atoms with Crippen LogP contribution in [0.25, 0.3) is 5.70 Å². The molecule has 0 radical (unpaired) electrons. The highest BCUT2D eigenvalue weighted by molar-refractivity contribution is 8.02. The number of amides is 1. The summed E-state index contributed by atoms with van der Waals surface area (Å²) in [4.78, 5) is 26.3. The SMILES string of the molecule is C=N/C(=C\SCNc1ccc(C(=O)Nc2ccc(C)cc2F)cn1)c1sc(CC)nc1C. The number of anilines is 2. The minimum Gasteiger partial charge on any atom is -0.361 e. The molecule has 0 unspecified atom stereocenters. The Hall–Kier alpha value is -3.04. The zero-order chi connectivity index (χ0) is 23.1. The molecule has 0 aliphatic carbocycles. The van der Waals surface area contributed by atoms with E-state index in [0.29, 0.717) is 17.3 Å². The Balaban J connectivity index is 1.55. The van der Waals surface area contributed by atoms with Gasteiger partial charge in [0, 0.05) is 6.20 Å². The van der Waals surface area contributed by atoms with E-state index in [0.717, 1.165) is 33.3 Å². The molecule has 0 spiro atoms. The molecule has 0 fully saturated rings. The highest BCUT2D eigenvalue weighted by atomic mass is 32.2. The van der Waals surface area contributed by atoms with Gasteiger partial charge in [0.05, 0.1) is 38.4 Å². The van der Waals surface area contributed by atoms with Gasteiger partial charge in [-0.1, -0.05) is 13.0 Å². The van der Waals surface area contributed by atoms with Crippen molar-refractivity contribution >= 4 is 52.9 Å². The molecular weight excluding hydrogens is 445 g/mol. The molecule has 0 aliphatic heterocycles. The van der Waals surface area contributed by atoms with E-state index < -0.39 is 11.7 Å². The van der Waals surface area contributed by atoms with Crippen LogP contribution >= 0.6 is 23.1 Å². The number of aryl methyl sites for hydroxylation is 3. The molecule has 0 aliphatic rings. The number of aromatic nitrogens is 2. The Morgan fingerprint density at radius 1 is 1.31 bits per heavy atom. The van der Waals surface area contributed by atoms with Crippen LogP contribution in [0.2, 0.25) is 0 Å². The third kappa shape index (κ3) is 6.02. The Kier molecular flexibility index (Phi) is 8.13. The molecule has 2 N–H and O–H groups in total. The van der Waals surface area contributed by atoms with Gasteiger partial charge >= 0.3 is 0 Å². The van der Waals surface area contributed by atoms with Crippen LogP contribution in [-0.2, 0) is 6.42 Å². The molecular formula is C23H24FN5OS2. The molecule has 2 heterocycles. The van der Waals surface area contributed by atoms with E-state index in [2.05, 4.69) is 39.2 Å². The number of thioether (sulfide) groups is 1. The number of halogens is 1. The number of aliphatic imine (C=N–C) groups is 1. The van der Waals surface area contributed by atoms with E-state index >= 15 is 0 Å². The van der Waals surface area contributed by atoms with Crippen molar-refractivity contribution in [3.05, 3.63) is 74.5 Å². The number of nitrogens with one attached hydrogen (secondary N) is 2. The van der Waals surface area contributed by atoms with E-state index in [1.54, 1.807) is 42.5 Å². The molecule has 3 rings (SSSR count). The number of rotatable bonds is 9. The maximum Gasteiger partial charge on any atom is 0.257 e. The fourth-order valence-corrected chi connectivity index (χ4v) is 4.51. The third-order valence-electron chi connectivity index (χ3n) is 4.48. The smallest absolute Gasteiger partial charge is 0.257 e. The molecule has 9 heteroatoms. The van der Waals surface area contributed by atoms with Crippen molar-refractivity contribution in [2.45, 2.75) is 27.2 Å². The van der Waals surface area contributed by atoms with Crippen molar-refractivity contribution in [2.75, 3.05) is 16.5 Å². The van der Waals surface area contributed by atoms with Crippen molar-refractivity contribution in [3.63, 3.8) is 0 Å². The van der Waals surface area contributed by atoms with Crippen molar-refractivity contribution in [1.29, 1.82) is 0 Å². The number of carbonyl (C=O) groups is 1. The number of thiazole rings is 1. The number of nitrogens with zero attached hydrogens (tertiary/aromatic N) is 3. The predicted molar refractivity (Wildman–Crippen MR) is 133 cm³/mol. The van der Waals surface area contributed by atoms with Crippen LogP contribution in [0.1, 0.15) is 38.4 Å². The predicted octanol–water partition coefficient (Wildman–Crippen LogP) is 5.91. The zero-order valence-electron chi connectivity index (χ0n) is 18.1. The minimum absolute atomic E-state index is 0.139. The van der Waals surface area contributed by atoms with Gasteiger partial charge in [0.15, 0.2) is 0 Å². The van der Waals surface area contributed by atoms with Gasteiger partial charge in [0.25, 0.3) is 5.91 Å². The first-order chi connectivity index (χ1) is 15.4. The van der Waals surface area contributed by atoms with Gasteiger partial charge in [-0.15, -0.1) is 23.1 Å². The molecule has 0 saturated heterocycles. The van der Waals surface area contributed by atoms with E-state index in [-0.39, 0.29) is 5.69 Å². The van der Waals surface area contributed by atoms with E-state index in [9.17, 15) is 9.18 Å². The first-order valence-corrected chi connectivity index (χ1v) is 11.8. The summed E-state index contributed by atoms with van der Waals surface area (Å²) in [6, 6.07) is 8.00. The Morgan fingerprint density at radius 3 is 2.75 bits per heavy atom. The van der Waals surface area contributed by atoms with Gasteiger partial charge in [-0.3, -0.25) is 9.79 Å². The van der Waals surface area contributed by atoms with Gasteiger partial charge in [-0.2, -0.15) is 0 Å². The lowest BCUT2D eigenvalue weighted by Crippen LogP contribution is -2.13. The molecule has 2 aromatic heterocycles. The van der Waals surface area contributed by atoms with E-state index in [4.69, 9.17) is 0 Å². The fourth-order valence-electron chi connectivity index (χ4n) is 2.79. The third-order valence-corrected chi connectivity index (χ3v) is 6.50. The van der Waals surface area contributed by atoms with E-state index in [1.165, 1.54) is 24.0 Å². The minimum atomic E-state index is -0.470. The molecule has 0 atom stereocenters. The lowest BCUT2D eigenvalue weighted by atomic mass is 10.2. The van der Waals surface area contributed by atoms with Gasteiger partial charge in [0.2, 0.25) is 0 Å². The lowest BCUT2D eigenvalue weighted by Gasteiger charge is -2.08. The van der Waals surface area contributed by atoms with Crippen LogP contribution in [-0.4, -0.2) is 28.5 Å². The van der Waals surface area contributed by atoms with Crippen LogP contribution in [0.3, 0.4) is 0 Å². The van der Waals surface area contributed by atoms with Crippen LogP contribution in [0.5, 0.6) is 0 Å². The van der Waals surface area contributed by atoms with Crippen LogP contribution < -0.4 is 10.6 Å². The Morgan fingerprint density at radius 2 is 2.12 bits per heavy atom. The first-order valence-electron chi connectivity index (χ1n) is 9.93. The number of hydrogen-bond donors (Lipinski definition) is 2. The van der Waals surface area contributed by atoms with Gasteiger partial charge in [0.1, 0.15) is 11.6 Å². The molecule has 1 aromatic carbocycles. The van der Waals surface area contributed by atoms with Gasteiger partial charge < -0.3 is 10.6 Å². The lowest BCUT2D eigenvalue weighted by molar-refractivity contribution is 0.102. The molecule has 32 heavy (non-hydrogen) atoms. The quantitative estimate of drug-likeness (QED) is 0.231. The Bertz CT molecular complexity index is 1140. The standard InChI is InChI=1S/C23H24FN5OS2/c1-5-21-28-15(3)22(32-21)19(25-4)12-31-13-27-20-9-7-16(11-26-20)23(30)29-18-8-6-14(2)10-17(18)24/h6-12H,4-5,13H2,1-3H3,(H,26,27)(H,29,30)/b19-12-. The molecule has 1 amide bonds. The summed E-state index contributed by atoms with van der Waals surface area (Å²) >= 11 is 3.16. The Labute approximate surface area is 195 Å². The normalized spacial score (nSPS) is 11.3. The first kappa shape index (κ1) is 23.6. The monoisotopic (exact) mass is 469 g/mol. The fraction of sp³-hybridized carbons (Fsp3) is 0.217. The molecule has 3 aromatic rings. The van der Waals surface area contributed by atoms with Crippen molar-refractivity contribution in [1.82, 2.24) is 9.97 Å². The van der Waals surface area contributed by atoms with Crippen LogP contribution in [0.15, 0.2) is 46.9 Å². The second-order valence-electron chi connectivity index (χ2n) is 6.89. The van der Waals surface area contributed by atoms with Gasteiger partial charge in [-0.25, -0.2) is 14.4 Å². The molecule has 0 saturated carbocycles. The summed E-state index contributed by atoms with van der Waals surface area (Å²) in [6.07, 6.45) is 2.35. The average Bonchev–Trinajstić information content (AvgIpc) is 3.16. The summed E-state index contributed by atoms with van der Waals surface area (Å²) < 4.78 is 13.9. The second kappa shape index (κ2) is 11.0. The number of pyridine rings is 1. The van der Waals surface area contributed by atoms with E-state index in [1.807, 2.05) is 12.3 Å². The van der Waals surface area contributed by atoms with Gasteiger partial charge in [-0.05, 0) is 62.2 Å². The van der Waals surface area contributed by atoms with Crippen LogP contribution in [0.4, 0.5) is 15.9 Å². The maximum atomic E-state index is 13.9. The van der Waals surface area contributed by atoms with Crippen molar-refractivity contribution in [3.8, 4) is 0 Å². The number of carbonyl (C=O) groups excluding carboxylic acids is 1. The topological polar surface area (TPSA) is 79.3 Å². The van der Waals surface area contributed by atoms with Crippen LogP contribution in [0, 0.1) is 19.7 Å². The van der Waals surface area contributed by atoms with Crippen molar-refractivity contribution in [2.24, 2.45) is 4.99 Å². The maximum absolute atomic E-state index is 13.9. The largest absolute Gasteiger partial charge is 0.361 e. The number of hydrogen-bond acceptors (Lipinski definition) is 7. The molecule has 6 nitrogen and oxygen atoms in total. The summed E-state index contributed by atoms with van der Waals surface area (Å²) in [5.74, 6) is 0.295. The average molecular weight is 470 g/mol. The molecule has 166 valence electrons. The molecule has 0 bridgehead atoms. The zero-order valence-corrected chi connectivity index (χ0v) is 19.7. The second-order valence-corrected chi connectivity index (χ2v) is 8.84. The summed E-state index contributed by atoms with van der Waals surface area (Å²) in [6.45, 7) is 9.51. The summed E-state index contributed by atoms with van der Waals surface area (Å²) in [7, 11) is 0. The van der Waals surface area contributed by atoms with Crippen molar-refractivity contribution < 1.29 is 9.18 Å². The highest BCUT2D eigenvalue weighted by Gasteiger charge is 2.11. The number of benzene rings is 1. The highest BCUT2D eigenvalue weighted by Crippen LogP contribution is 2.29.